The molecule has 2 unspecified atom stereocenters. The van der Waals surface area contributed by atoms with E-state index in [4.69, 9.17) is 39.5 Å². The third-order valence-corrected chi connectivity index (χ3v) is 11.7. The Morgan fingerprint density at radius 1 is 0.526 bits per heavy atom. The Hall–Kier alpha value is -3.84. The van der Waals surface area contributed by atoms with Crippen LogP contribution in [0.1, 0.15) is 125 Å². The van der Waals surface area contributed by atoms with E-state index in [0.29, 0.717) is 33.3 Å². The van der Waals surface area contributed by atoms with E-state index in [1.807, 2.05) is 110 Å². The van der Waals surface area contributed by atoms with E-state index in [1.165, 1.54) is 33.4 Å². The Bertz CT molecular complexity index is 2150. The van der Waals surface area contributed by atoms with Crippen LogP contribution >= 0.6 is 34.8 Å². The summed E-state index contributed by atoms with van der Waals surface area (Å²) in [6.07, 6.45) is 2.56. The topological polar surface area (TPSA) is 66.8 Å². The summed E-state index contributed by atoms with van der Waals surface area (Å²) in [5.74, 6) is 0.706. The van der Waals surface area contributed by atoms with Gasteiger partial charge in [-0.3, -0.25) is 4.79 Å². The van der Waals surface area contributed by atoms with Crippen LogP contribution in [0.4, 0.5) is 0 Å². The molecule has 0 bridgehead atoms. The minimum Gasteiger partial charge on any atom is -0.457 e. The van der Waals surface area contributed by atoms with Crippen LogP contribution in [0.5, 0.6) is 0 Å². The van der Waals surface area contributed by atoms with Crippen LogP contribution < -0.4 is 0 Å². The molecular weight excluding hydrogens is 810 g/mol. The molecule has 9 rings (SSSR count). The largest absolute Gasteiger partial charge is 0.457 e. The Morgan fingerprint density at radius 3 is 1.26 bits per heavy atom. The Balaban J connectivity index is 0.000000145. The van der Waals surface area contributed by atoms with Crippen molar-refractivity contribution in [2.24, 2.45) is 0 Å². The first-order valence-corrected chi connectivity index (χ1v) is 20.4. The van der Waals surface area contributed by atoms with Gasteiger partial charge < -0.3 is 14.9 Å². The third-order valence-electron chi connectivity index (χ3n) is 11.0. The van der Waals surface area contributed by atoms with Crippen molar-refractivity contribution >= 4 is 40.8 Å². The van der Waals surface area contributed by atoms with Gasteiger partial charge >= 0.3 is 5.97 Å². The number of carbonyl (C=O) groups is 1. The number of aliphatic hydroxyl groups is 2. The van der Waals surface area contributed by atoms with Crippen LogP contribution in [0.15, 0.2) is 146 Å². The number of rotatable bonds is 6. The van der Waals surface area contributed by atoms with Gasteiger partial charge in [0.15, 0.2) is 0 Å². The molecule has 4 nitrogen and oxygen atoms in total. The van der Waals surface area contributed by atoms with Gasteiger partial charge in [0.25, 0.3) is 0 Å². The summed E-state index contributed by atoms with van der Waals surface area (Å²) in [7, 11) is 0. The zero-order chi connectivity index (χ0) is 39.2. The average molecular weight is 855 g/mol. The molecule has 6 atom stereocenters. The summed E-state index contributed by atoms with van der Waals surface area (Å²) >= 11 is 18.1. The molecular formula is C49H45Cl3O4V. The van der Waals surface area contributed by atoms with Crippen LogP contribution in [0.3, 0.4) is 0 Å². The van der Waals surface area contributed by atoms with Crippen molar-refractivity contribution in [1.82, 2.24) is 0 Å². The van der Waals surface area contributed by atoms with Gasteiger partial charge in [-0.2, -0.15) is 0 Å². The predicted octanol–water partition coefficient (Wildman–Crippen LogP) is 13.1. The molecule has 291 valence electrons. The fourth-order valence-electron chi connectivity index (χ4n) is 8.40. The molecule has 3 aliphatic rings. The van der Waals surface area contributed by atoms with Crippen LogP contribution in [-0.4, -0.2) is 16.2 Å². The summed E-state index contributed by atoms with van der Waals surface area (Å²) in [6.45, 7) is 1.98. The van der Waals surface area contributed by atoms with Gasteiger partial charge in [0.1, 0.15) is 6.10 Å². The zero-order valence-corrected chi connectivity index (χ0v) is 35.3. The molecule has 0 heterocycles. The first-order chi connectivity index (χ1) is 27.2. The number of hydrogen-bond donors (Lipinski definition) is 2. The first-order valence-electron chi connectivity index (χ1n) is 19.3. The molecule has 2 N–H and O–H groups in total. The van der Waals surface area contributed by atoms with E-state index in [1.54, 1.807) is 0 Å². The molecule has 0 saturated carbocycles. The third kappa shape index (κ3) is 10.1. The number of carbonyl (C=O) groups excluding carboxylic acids is 1. The van der Waals surface area contributed by atoms with Crippen LogP contribution in [0, 0.1) is 0 Å². The minimum absolute atomic E-state index is 0. The van der Waals surface area contributed by atoms with Gasteiger partial charge in [-0.15, -0.1) is 0 Å². The first kappa shape index (κ1) is 42.8. The maximum absolute atomic E-state index is 11.9. The molecule has 6 aromatic rings. The maximum atomic E-state index is 11.9. The molecule has 0 amide bonds. The van der Waals surface area contributed by atoms with Gasteiger partial charge in [-0.05, 0) is 112 Å². The number of ether oxygens (including phenoxy) is 1. The monoisotopic (exact) mass is 853 g/mol. The standard InChI is InChI=1S/C19H19ClO2.2C15H13ClO.V/c1-2-6-19(21)22-18-12-16(13-7-4-3-5-8-13)15-10-9-14(20)11-17(15)18;2*16-11-6-7-12-13(9-15(17)14(12)8-11)10-4-2-1-3-5-10;/h3-5,7-11,16,18H,2,6,12H2,1H3;2*1-8,13,15,17H,9H2;/t16-,18-;13-,15-;;/m10../s1. The van der Waals surface area contributed by atoms with E-state index >= 15 is 0 Å². The van der Waals surface area contributed by atoms with E-state index in [-0.39, 0.29) is 36.5 Å². The minimum atomic E-state index is -0.395. The van der Waals surface area contributed by atoms with Crippen molar-refractivity contribution in [3.05, 3.63) is 211 Å². The average Bonchev–Trinajstić information content (AvgIpc) is 3.86. The molecule has 3 aliphatic carbocycles. The molecule has 8 heteroatoms. The number of fused-ring (bicyclic) bond motifs is 3. The Morgan fingerprint density at radius 2 is 0.877 bits per heavy atom. The molecule has 0 aliphatic heterocycles. The number of benzene rings is 6. The van der Waals surface area contributed by atoms with E-state index in [0.717, 1.165) is 42.4 Å². The van der Waals surface area contributed by atoms with E-state index < -0.39 is 12.2 Å². The quantitative estimate of drug-likeness (QED) is 0.164. The second-order valence-corrected chi connectivity index (χ2v) is 16.0. The smallest absolute Gasteiger partial charge is 0.306 e. The molecule has 0 fully saturated rings. The van der Waals surface area contributed by atoms with Crippen LogP contribution in [0.25, 0.3) is 0 Å². The molecule has 0 aromatic heterocycles. The fourth-order valence-corrected chi connectivity index (χ4v) is 8.95. The van der Waals surface area contributed by atoms with Crippen LogP contribution in [0.2, 0.25) is 15.1 Å². The maximum Gasteiger partial charge on any atom is 0.306 e. The molecule has 0 saturated heterocycles. The van der Waals surface area contributed by atoms with Crippen LogP contribution in [-0.2, 0) is 28.1 Å². The summed E-state index contributed by atoms with van der Waals surface area (Å²) in [4.78, 5) is 11.9. The van der Waals surface area contributed by atoms with Crippen molar-refractivity contribution in [3.63, 3.8) is 0 Å². The van der Waals surface area contributed by atoms with Crippen molar-refractivity contribution < 1.29 is 38.3 Å². The summed E-state index contributed by atoms with van der Waals surface area (Å²) < 4.78 is 5.69. The predicted molar refractivity (Wildman–Crippen MR) is 227 cm³/mol. The second-order valence-electron chi connectivity index (χ2n) is 14.7. The summed E-state index contributed by atoms with van der Waals surface area (Å²) in [6, 6.07) is 48.5. The number of hydrogen-bond acceptors (Lipinski definition) is 4. The van der Waals surface area contributed by atoms with E-state index in [9.17, 15) is 15.0 Å². The number of halogens is 3. The molecule has 6 aromatic carbocycles. The van der Waals surface area contributed by atoms with Crippen molar-refractivity contribution in [2.75, 3.05) is 0 Å². The number of aliphatic hydroxyl groups excluding tert-OH is 2. The SMILES string of the molecule is CCCC(=O)O[C@@H]1C[C@H](c2ccccc2)c2ccc(Cl)cc21.OC1CC(c2ccccc2)c2ccc(Cl)cc21.O[C@H]1C[C@@H](c2ccccc2)c2ccc(Cl)cc21.[V]. The summed E-state index contributed by atoms with van der Waals surface area (Å²) in [5, 5.41) is 22.2. The Labute approximate surface area is 362 Å². The van der Waals surface area contributed by atoms with Gasteiger partial charge in [-0.1, -0.05) is 151 Å². The zero-order valence-electron chi connectivity index (χ0n) is 31.6. The molecule has 0 spiro atoms. The fraction of sp³-hybridized carbons (Fsp3) is 0.245. The van der Waals surface area contributed by atoms with Crippen molar-refractivity contribution in [3.8, 4) is 0 Å². The molecule has 1 radical (unpaired) electrons. The number of esters is 1. The molecule has 57 heavy (non-hydrogen) atoms. The van der Waals surface area contributed by atoms with Crippen molar-refractivity contribution in [2.45, 2.75) is 75.1 Å². The van der Waals surface area contributed by atoms with E-state index in [2.05, 4.69) is 42.5 Å². The van der Waals surface area contributed by atoms with Gasteiger partial charge in [-0.25, -0.2) is 0 Å². The Kier molecular flexibility index (Phi) is 14.8. The second kappa shape index (κ2) is 19.7. The summed E-state index contributed by atoms with van der Waals surface area (Å²) in [5.41, 5.74) is 10.4. The van der Waals surface area contributed by atoms with Gasteiger partial charge in [0.2, 0.25) is 0 Å². The van der Waals surface area contributed by atoms with Crippen molar-refractivity contribution in [1.29, 1.82) is 0 Å². The van der Waals surface area contributed by atoms with Gasteiger partial charge in [0.05, 0.1) is 12.2 Å². The normalized spacial score (nSPS) is 21.0. The van der Waals surface area contributed by atoms with Gasteiger partial charge in [0, 0.05) is 57.8 Å².